The molecule has 6 heteroatoms. The molecule has 0 radical (unpaired) electrons. The molecule has 1 saturated heterocycles. The summed E-state index contributed by atoms with van der Waals surface area (Å²) in [5.41, 5.74) is -0.606. The Morgan fingerprint density at radius 1 is 1.24 bits per heavy atom. The molecule has 0 aliphatic carbocycles. The van der Waals surface area contributed by atoms with Crippen molar-refractivity contribution >= 4 is 5.69 Å². The van der Waals surface area contributed by atoms with Gasteiger partial charge in [0.1, 0.15) is 0 Å². The molecule has 1 aromatic heterocycles. The maximum atomic E-state index is 12.8. The van der Waals surface area contributed by atoms with Crippen molar-refractivity contribution in [3.8, 4) is 0 Å². The molecule has 17 heavy (non-hydrogen) atoms. The van der Waals surface area contributed by atoms with E-state index in [9.17, 15) is 13.2 Å². The van der Waals surface area contributed by atoms with Gasteiger partial charge in [-0.3, -0.25) is 0 Å². The molecule has 0 amide bonds. The fourth-order valence-electron chi connectivity index (χ4n) is 1.96. The smallest absolute Gasteiger partial charge is 0.368 e. The average Bonchev–Trinajstić information content (AvgIpc) is 2.56. The number of nitrogens with zero attached hydrogens (tertiary/aromatic N) is 2. The van der Waals surface area contributed by atoms with Crippen LogP contribution in [0.1, 0.15) is 12.1 Å². The summed E-state index contributed by atoms with van der Waals surface area (Å²) in [6, 6.07) is 3.03. The Hall–Kier alpha value is -1.30. The first kappa shape index (κ1) is 12.2. The monoisotopic (exact) mass is 245 g/mol. The van der Waals surface area contributed by atoms with Crippen LogP contribution in [0.15, 0.2) is 18.3 Å². The Labute approximate surface area is 97.6 Å². The summed E-state index contributed by atoms with van der Waals surface area (Å²) in [6.07, 6.45) is -2.37. The van der Waals surface area contributed by atoms with Gasteiger partial charge in [0.2, 0.25) is 0 Å². The Bertz CT molecular complexity index is 370. The zero-order chi connectivity index (χ0) is 12.3. The lowest BCUT2D eigenvalue weighted by Gasteiger charge is -2.24. The Morgan fingerprint density at radius 2 is 2.06 bits per heavy atom. The van der Waals surface area contributed by atoms with Crippen LogP contribution in [-0.4, -0.2) is 31.2 Å². The van der Waals surface area contributed by atoms with E-state index in [1.807, 2.05) is 0 Å². The summed E-state index contributed by atoms with van der Waals surface area (Å²) in [5, 5.41) is 3.16. The SMILES string of the molecule is FC(F)(F)c1ncccc1N1CCCNCC1. The third-order valence-corrected chi connectivity index (χ3v) is 2.74. The number of pyridine rings is 1. The molecule has 1 N–H and O–H groups in total. The summed E-state index contributed by atoms with van der Waals surface area (Å²) in [7, 11) is 0. The van der Waals surface area contributed by atoms with Gasteiger partial charge < -0.3 is 10.2 Å². The van der Waals surface area contributed by atoms with Gasteiger partial charge in [-0.05, 0) is 25.1 Å². The maximum Gasteiger partial charge on any atom is 0.435 e. The first-order valence-electron chi connectivity index (χ1n) is 5.57. The number of nitrogens with one attached hydrogen (secondary N) is 1. The van der Waals surface area contributed by atoms with E-state index in [0.29, 0.717) is 19.6 Å². The fraction of sp³-hybridized carbons (Fsp3) is 0.545. The van der Waals surface area contributed by atoms with Gasteiger partial charge in [-0.15, -0.1) is 0 Å². The van der Waals surface area contributed by atoms with Crippen molar-refractivity contribution in [1.82, 2.24) is 10.3 Å². The number of halogens is 3. The lowest BCUT2D eigenvalue weighted by Crippen LogP contribution is -2.30. The molecule has 0 unspecified atom stereocenters. The molecular formula is C11H14F3N3. The van der Waals surface area contributed by atoms with Gasteiger partial charge in [0, 0.05) is 25.8 Å². The molecule has 0 atom stereocenters. The molecule has 1 aromatic rings. The van der Waals surface area contributed by atoms with Crippen LogP contribution >= 0.6 is 0 Å². The molecule has 1 fully saturated rings. The third kappa shape index (κ3) is 2.88. The van der Waals surface area contributed by atoms with Gasteiger partial charge in [-0.2, -0.15) is 13.2 Å². The van der Waals surface area contributed by atoms with E-state index in [1.165, 1.54) is 12.3 Å². The molecule has 2 rings (SSSR count). The van der Waals surface area contributed by atoms with Crippen molar-refractivity contribution in [3.63, 3.8) is 0 Å². The van der Waals surface area contributed by atoms with Gasteiger partial charge in [0.25, 0.3) is 0 Å². The maximum absolute atomic E-state index is 12.8. The van der Waals surface area contributed by atoms with Crippen LogP contribution in [0.3, 0.4) is 0 Å². The largest absolute Gasteiger partial charge is 0.435 e. The summed E-state index contributed by atoms with van der Waals surface area (Å²) in [6.45, 7) is 2.75. The highest BCUT2D eigenvalue weighted by Gasteiger charge is 2.36. The number of hydrogen-bond acceptors (Lipinski definition) is 3. The number of alkyl halides is 3. The summed E-state index contributed by atoms with van der Waals surface area (Å²) < 4.78 is 38.4. The van der Waals surface area contributed by atoms with Crippen molar-refractivity contribution in [2.75, 3.05) is 31.1 Å². The lowest BCUT2D eigenvalue weighted by molar-refractivity contribution is -0.140. The predicted molar refractivity (Wildman–Crippen MR) is 58.9 cm³/mol. The van der Waals surface area contributed by atoms with Crippen molar-refractivity contribution < 1.29 is 13.2 Å². The highest BCUT2D eigenvalue weighted by molar-refractivity contribution is 5.51. The normalized spacial score (nSPS) is 17.9. The van der Waals surface area contributed by atoms with Crippen molar-refractivity contribution in [2.45, 2.75) is 12.6 Å². The van der Waals surface area contributed by atoms with Crippen LogP contribution in [0.5, 0.6) is 0 Å². The third-order valence-electron chi connectivity index (χ3n) is 2.74. The minimum atomic E-state index is -4.39. The van der Waals surface area contributed by atoms with Crippen LogP contribution in [-0.2, 0) is 6.18 Å². The Balaban J connectivity index is 2.30. The molecule has 1 aliphatic heterocycles. The van der Waals surface area contributed by atoms with Gasteiger partial charge in [-0.1, -0.05) is 0 Å². The molecule has 0 aromatic carbocycles. The quantitative estimate of drug-likeness (QED) is 0.819. The van der Waals surface area contributed by atoms with Crippen molar-refractivity contribution in [3.05, 3.63) is 24.0 Å². The van der Waals surface area contributed by atoms with Gasteiger partial charge >= 0.3 is 6.18 Å². The minimum Gasteiger partial charge on any atom is -0.368 e. The van der Waals surface area contributed by atoms with Gasteiger partial charge in [0.05, 0.1) is 5.69 Å². The predicted octanol–water partition coefficient (Wildman–Crippen LogP) is 1.90. The molecule has 0 saturated carbocycles. The van der Waals surface area contributed by atoms with Crippen LogP contribution in [0.25, 0.3) is 0 Å². The van der Waals surface area contributed by atoms with Crippen LogP contribution < -0.4 is 10.2 Å². The topological polar surface area (TPSA) is 28.2 Å². The lowest BCUT2D eigenvalue weighted by atomic mass is 10.2. The Morgan fingerprint density at radius 3 is 2.82 bits per heavy atom. The van der Waals surface area contributed by atoms with Gasteiger partial charge in [-0.25, -0.2) is 4.98 Å². The number of anilines is 1. The number of hydrogen-bond donors (Lipinski definition) is 1. The molecule has 3 nitrogen and oxygen atoms in total. The average molecular weight is 245 g/mol. The zero-order valence-electron chi connectivity index (χ0n) is 9.30. The zero-order valence-corrected chi connectivity index (χ0v) is 9.30. The Kier molecular flexibility index (Phi) is 3.51. The number of rotatable bonds is 1. The molecular weight excluding hydrogens is 231 g/mol. The first-order valence-corrected chi connectivity index (χ1v) is 5.57. The fourth-order valence-corrected chi connectivity index (χ4v) is 1.96. The molecule has 0 spiro atoms. The molecule has 2 heterocycles. The molecule has 1 aliphatic rings. The molecule has 94 valence electrons. The van der Waals surface area contributed by atoms with Crippen LogP contribution in [0.2, 0.25) is 0 Å². The van der Waals surface area contributed by atoms with E-state index in [2.05, 4.69) is 10.3 Å². The van der Waals surface area contributed by atoms with Crippen LogP contribution in [0.4, 0.5) is 18.9 Å². The van der Waals surface area contributed by atoms with E-state index < -0.39 is 11.9 Å². The molecule has 0 bridgehead atoms. The summed E-state index contributed by atoms with van der Waals surface area (Å²) >= 11 is 0. The van der Waals surface area contributed by atoms with E-state index in [1.54, 1.807) is 11.0 Å². The van der Waals surface area contributed by atoms with Crippen molar-refractivity contribution in [2.24, 2.45) is 0 Å². The highest BCUT2D eigenvalue weighted by atomic mass is 19.4. The van der Waals surface area contributed by atoms with Gasteiger partial charge in [0.15, 0.2) is 5.69 Å². The second-order valence-corrected chi connectivity index (χ2v) is 3.96. The van der Waals surface area contributed by atoms with Crippen LogP contribution in [0, 0.1) is 0 Å². The second kappa shape index (κ2) is 4.91. The number of aromatic nitrogens is 1. The van der Waals surface area contributed by atoms with Crippen molar-refractivity contribution in [1.29, 1.82) is 0 Å². The summed E-state index contributed by atoms with van der Waals surface area (Å²) in [5.74, 6) is 0. The first-order chi connectivity index (χ1) is 8.09. The van der Waals surface area contributed by atoms with E-state index >= 15 is 0 Å². The minimum absolute atomic E-state index is 0.184. The second-order valence-electron chi connectivity index (χ2n) is 3.96. The standard InChI is InChI=1S/C11H14F3N3/c12-11(13,14)10-9(3-1-5-16-10)17-7-2-4-15-6-8-17/h1,3,5,15H,2,4,6-8H2. The highest BCUT2D eigenvalue weighted by Crippen LogP contribution is 2.34. The summed E-state index contributed by atoms with van der Waals surface area (Å²) in [4.78, 5) is 5.21. The van der Waals surface area contributed by atoms with E-state index in [-0.39, 0.29) is 5.69 Å². The van der Waals surface area contributed by atoms with E-state index in [0.717, 1.165) is 13.0 Å². The van der Waals surface area contributed by atoms with E-state index in [4.69, 9.17) is 0 Å².